The van der Waals surface area contributed by atoms with E-state index in [2.05, 4.69) is 36.5 Å². The number of hydrogen-bond donors (Lipinski definition) is 1. The molecule has 2 heteroatoms. The third kappa shape index (κ3) is 3.18. The van der Waals surface area contributed by atoms with E-state index in [1.165, 1.54) is 43.2 Å². The summed E-state index contributed by atoms with van der Waals surface area (Å²) in [5.74, 6) is 0.851. The van der Waals surface area contributed by atoms with Gasteiger partial charge in [0.1, 0.15) is 0 Å². The van der Waals surface area contributed by atoms with Crippen LogP contribution in [0.15, 0.2) is 24.3 Å². The Hall–Kier alpha value is -0.860. The summed E-state index contributed by atoms with van der Waals surface area (Å²) < 4.78 is 5.48. The van der Waals surface area contributed by atoms with Crippen molar-refractivity contribution < 1.29 is 4.74 Å². The molecule has 3 unspecified atom stereocenters. The smallest absolute Gasteiger partial charge is 0.0586 e. The first kappa shape index (κ1) is 13.1. The highest BCUT2D eigenvalue weighted by Crippen LogP contribution is 2.42. The van der Waals surface area contributed by atoms with Gasteiger partial charge in [-0.25, -0.2) is 0 Å². The Morgan fingerprint density at radius 1 is 1.11 bits per heavy atom. The largest absolute Gasteiger partial charge is 0.381 e. The minimum Gasteiger partial charge on any atom is -0.381 e. The topological polar surface area (TPSA) is 21.3 Å². The zero-order chi connectivity index (χ0) is 13.2. The van der Waals surface area contributed by atoms with E-state index in [9.17, 15) is 0 Å². The van der Waals surface area contributed by atoms with Crippen molar-refractivity contribution in [2.45, 2.75) is 57.2 Å². The third-order valence-electron chi connectivity index (χ3n) is 4.66. The second kappa shape index (κ2) is 5.64. The summed E-state index contributed by atoms with van der Waals surface area (Å²) in [5.41, 5.74) is 2.81. The number of nitrogens with one attached hydrogen (secondary N) is 1. The summed E-state index contributed by atoms with van der Waals surface area (Å²) in [4.78, 5) is 0. The van der Waals surface area contributed by atoms with Crippen molar-refractivity contribution in [1.29, 1.82) is 0 Å². The van der Waals surface area contributed by atoms with E-state index < -0.39 is 0 Å². The average Bonchev–Trinajstić information content (AvgIpc) is 3.17. The van der Waals surface area contributed by atoms with E-state index in [0.29, 0.717) is 18.2 Å². The van der Waals surface area contributed by atoms with Crippen LogP contribution in [0.2, 0.25) is 0 Å². The molecule has 1 aromatic rings. The molecule has 104 valence electrons. The number of methoxy groups -OCH3 is 1. The van der Waals surface area contributed by atoms with Crippen LogP contribution in [0, 0.1) is 12.8 Å². The summed E-state index contributed by atoms with van der Waals surface area (Å²) in [7, 11) is 1.84. The fraction of sp³-hybridized carbons (Fsp3) is 0.647. The van der Waals surface area contributed by atoms with Gasteiger partial charge >= 0.3 is 0 Å². The third-order valence-corrected chi connectivity index (χ3v) is 4.66. The molecule has 1 N–H and O–H groups in total. The predicted molar refractivity (Wildman–Crippen MR) is 78.2 cm³/mol. The van der Waals surface area contributed by atoms with Crippen molar-refractivity contribution in [3.05, 3.63) is 35.4 Å². The van der Waals surface area contributed by atoms with E-state index in [1.807, 2.05) is 7.11 Å². The average molecular weight is 259 g/mol. The zero-order valence-corrected chi connectivity index (χ0v) is 12.1. The molecule has 0 radical (unpaired) electrons. The summed E-state index contributed by atoms with van der Waals surface area (Å²) >= 11 is 0. The van der Waals surface area contributed by atoms with Crippen LogP contribution >= 0.6 is 0 Å². The van der Waals surface area contributed by atoms with Crippen molar-refractivity contribution in [2.75, 3.05) is 7.11 Å². The fourth-order valence-electron chi connectivity index (χ4n) is 3.27. The molecular formula is C17H25NO. The second-order valence-electron chi connectivity index (χ2n) is 6.26. The molecule has 2 fully saturated rings. The Balaban J connectivity index is 1.66. The molecule has 2 aliphatic carbocycles. The molecule has 0 saturated heterocycles. The van der Waals surface area contributed by atoms with Crippen LogP contribution in [0.1, 0.15) is 49.3 Å². The lowest BCUT2D eigenvalue weighted by Crippen LogP contribution is -2.32. The molecule has 0 spiro atoms. The van der Waals surface area contributed by atoms with Gasteiger partial charge in [-0.2, -0.15) is 0 Å². The molecule has 0 amide bonds. The summed E-state index contributed by atoms with van der Waals surface area (Å²) in [5, 5.41) is 3.90. The van der Waals surface area contributed by atoms with Crippen molar-refractivity contribution in [3.8, 4) is 0 Å². The number of aryl methyl sites for hydroxylation is 1. The lowest BCUT2D eigenvalue weighted by molar-refractivity contribution is 0.106. The molecule has 0 bridgehead atoms. The van der Waals surface area contributed by atoms with Gasteiger partial charge in [-0.15, -0.1) is 0 Å². The molecule has 0 heterocycles. The van der Waals surface area contributed by atoms with E-state index >= 15 is 0 Å². The molecule has 0 aromatic heterocycles. The minimum atomic E-state index is 0.468. The van der Waals surface area contributed by atoms with Crippen LogP contribution < -0.4 is 5.32 Å². The molecule has 3 rings (SSSR count). The maximum Gasteiger partial charge on any atom is 0.0586 e. The first-order valence-corrected chi connectivity index (χ1v) is 7.61. The van der Waals surface area contributed by atoms with Gasteiger partial charge in [0.25, 0.3) is 0 Å². The van der Waals surface area contributed by atoms with E-state index in [-0.39, 0.29) is 0 Å². The highest BCUT2D eigenvalue weighted by molar-refractivity contribution is 5.25. The summed E-state index contributed by atoms with van der Waals surface area (Å²) in [6.45, 7) is 2.16. The number of hydrogen-bond acceptors (Lipinski definition) is 2. The van der Waals surface area contributed by atoms with E-state index in [0.717, 1.165) is 5.92 Å². The molecule has 2 nitrogen and oxygen atoms in total. The predicted octanol–water partition coefficient (Wildman–Crippen LogP) is 3.60. The van der Waals surface area contributed by atoms with Gasteiger partial charge in [-0.1, -0.05) is 29.8 Å². The second-order valence-corrected chi connectivity index (χ2v) is 6.26. The van der Waals surface area contributed by atoms with Gasteiger partial charge in [0.15, 0.2) is 0 Å². The van der Waals surface area contributed by atoms with Crippen molar-refractivity contribution >= 4 is 0 Å². The van der Waals surface area contributed by atoms with Crippen LogP contribution in [0.3, 0.4) is 0 Å². The number of benzene rings is 1. The lowest BCUT2D eigenvalue weighted by atomic mass is 10.00. The highest BCUT2D eigenvalue weighted by atomic mass is 16.5. The van der Waals surface area contributed by atoms with Crippen molar-refractivity contribution in [1.82, 2.24) is 5.32 Å². The van der Waals surface area contributed by atoms with Crippen LogP contribution in [-0.2, 0) is 4.74 Å². The number of ether oxygens (including phenoxy) is 1. The van der Waals surface area contributed by atoms with Crippen LogP contribution in [0.4, 0.5) is 0 Å². The van der Waals surface area contributed by atoms with Crippen LogP contribution in [0.25, 0.3) is 0 Å². The van der Waals surface area contributed by atoms with Gasteiger partial charge in [0.05, 0.1) is 6.10 Å². The van der Waals surface area contributed by atoms with Gasteiger partial charge in [-0.05, 0) is 50.5 Å². The van der Waals surface area contributed by atoms with Crippen molar-refractivity contribution in [3.63, 3.8) is 0 Å². The SMILES string of the molecule is COC1CCC(NC(c2ccc(C)cc2)C2CC2)C1. The summed E-state index contributed by atoms with van der Waals surface area (Å²) in [6, 6.07) is 10.3. The molecule has 1 aromatic carbocycles. The maximum absolute atomic E-state index is 5.48. The molecule has 2 aliphatic rings. The molecule has 3 atom stereocenters. The zero-order valence-electron chi connectivity index (χ0n) is 12.1. The Morgan fingerprint density at radius 2 is 1.84 bits per heavy atom. The van der Waals surface area contributed by atoms with Gasteiger partial charge in [0.2, 0.25) is 0 Å². The molecule has 19 heavy (non-hydrogen) atoms. The van der Waals surface area contributed by atoms with Crippen LogP contribution in [0.5, 0.6) is 0 Å². The minimum absolute atomic E-state index is 0.468. The first-order chi connectivity index (χ1) is 9.26. The standard InChI is InChI=1S/C17H25NO/c1-12-3-5-13(6-4-12)17(14-7-8-14)18-15-9-10-16(11-15)19-2/h3-6,14-18H,7-11H2,1-2H3. The quantitative estimate of drug-likeness (QED) is 0.872. The van der Waals surface area contributed by atoms with Gasteiger partial charge < -0.3 is 10.1 Å². The Morgan fingerprint density at radius 3 is 2.42 bits per heavy atom. The monoisotopic (exact) mass is 259 g/mol. The molecule has 2 saturated carbocycles. The van der Waals surface area contributed by atoms with Crippen molar-refractivity contribution in [2.24, 2.45) is 5.92 Å². The molecular weight excluding hydrogens is 234 g/mol. The molecule has 0 aliphatic heterocycles. The summed E-state index contributed by atoms with van der Waals surface area (Å²) in [6.07, 6.45) is 6.87. The fourth-order valence-corrected chi connectivity index (χ4v) is 3.27. The van der Waals surface area contributed by atoms with Gasteiger partial charge in [-0.3, -0.25) is 0 Å². The first-order valence-electron chi connectivity index (χ1n) is 7.61. The van der Waals surface area contributed by atoms with E-state index in [4.69, 9.17) is 4.74 Å². The van der Waals surface area contributed by atoms with E-state index in [1.54, 1.807) is 0 Å². The normalized spacial score (nSPS) is 28.5. The van der Waals surface area contributed by atoms with Gasteiger partial charge in [0, 0.05) is 19.2 Å². The Kier molecular flexibility index (Phi) is 3.90. The Bertz CT molecular complexity index is 410. The number of rotatable bonds is 5. The van der Waals surface area contributed by atoms with Crippen LogP contribution in [-0.4, -0.2) is 19.3 Å². The highest BCUT2D eigenvalue weighted by Gasteiger charge is 2.35. The maximum atomic E-state index is 5.48. The Labute approximate surface area is 116 Å². The lowest BCUT2D eigenvalue weighted by Gasteiger charge is -2.23.